The van der Waals surface area contributed by atoms with Crippen LogP contribution in [0.5, 0.6) is 0 Å². The summed E-state index contributed by atoms with van der Waals surface area (Å²) in [5.74, 6) is 0.718. The molecule has 0 aliphatic heterocycles. The lowest BCUT2D eigenvalue weighted by molar-refractivity contribution is 0.173. The summed E-state index contributed by atoms with van der Waals surface area (Å²) in [6, 6.07) is 7.84. The molecule has 0 bridgehead atoms. The van der Waals surface area contributed by atoms with Gasteiger partial charge in [0.25, 0.3) is 0 Å². The van der Waals surface area contributed by atoms with E-state index in [1.807, 2.05) is 31.2 Å². The molecule has 0 saturated carbocycles. The van der Waals surface area contributed by atoms with Crippen LogP contribution in [-0.4, -0.2) is 22.6 Å². The first kappa shape index (κ1) is 11.6. The molecule has 0 amide bonds. The summed E-state index contributed by atoms with van der Waals surface area (Å²) in [6.07, 6.45) is 0.384. The maximum Gasteiger partial charge on any atom is 0.0787 e. The highest BCUT2D eigenvalue weighted by atomic mass is 32.2. The Morgan fingerprint density at radius 3 is 2.43 bits per heavy atom. The Morgan fingerprint density at radius 2 is 1.93 bits per heavy atom. The van der Waals surface area contributed by atoms with Crippen LogP contribution in [0, 0.1) is 0 Å². The predicted molar refractivity (Wildman–Crippen MR) is 59.5 cm³/mol. The van der Waals surface area contributed by atoms with Crippen molar-refractivity contribution < 1.29 is 10.2 Å². The molecule has 2 N–H and O–H groups in total. The van der Waals surface area contributed by atoms with Gasteiger partial charge in [-0.1, -0.05) is 19.1 Å². The molecule has 0 saturated heterocycles. The van der Waals surface area contributed by atoms with E-state index in [0.717, 1.165) is 22.6 Å². The fourth-order valence-corrected chi connectivity index (χ4v) is 1.84. The first-order chi connectivity index (χ1) is 6.77. The summed E-state index contributed by atoms with van der Waals surface area (Å²) < 4.78 is 0. The number of thioether (sulfide) groups is 1. The van der Waals surface area contributed by atoms with Crippen molar-refractivity contribution in [3.05, 3.63) is 29.8 Å². The number of benzene rings is 1. The molecule has 0 fully saturated rings. The Labute approximate surface area is 89.0 Å². The molecule has 1 rings (SSSR count). The van der Waals surface area contributed by atoms with Gasteiger partial charge in [-0.05, 0) is 24.1 Å². The van der Waals surface area contributed by atoms with E-state index < -0.39 is 0 Å². The molecule has 1 aromatic rings. The lowest BCUT2D eigenvalue weighted by atomic mass is 10.1. The van der Waals surface area contributed by atoms with Crippen molar-refractivity contribution in [2.75, 3.05) is 12.4 Å². The molecule has 0 heterocycles. The Morgan fingerprint density at radius 1 is 1.29 bits per heavy atom. The second-order valence-electron chi connectivity index (χ2n) is 3.07. The van der Waals surface area contributed by atoms with Crippen molar-refractivity contribution in [3.63, 3.8) is 0 Å². The average molecular weight is 212 g/mol. The summed E-state index contributed by atoms with van der Waals surface area (Å²) >= 11 is 1.62. The second-order valence-corrected chi connectivity index (χ2v) is 4.23. The minimum Gasteiger partial charge on any atom is -0.396 e. The van der Waals surface area contributed by atoms with Crippen LogP contribution in [0.2, 0.25) is 0 Å². The molecule has 2 nitrogen and oxygen atoms in total. The lowest BCUT2D eigenvalue weighted by Gasteiger charge is -2.08. The number of aliphatic hydroxyl groups is 2. The van der Waals surface area contributed by atoms with Gasteiger partial charge in [0.2, 0.25) is 0 Å². The molecule has 0 radical (unpaired) electrons. The summed E-state index contributed by atoms with van der Waals surface area (Å²) in [6.45, 7) is 2.16. The molecule has 3 heteroatoms. The summed E-state index contributed by atoms with van der Waals surface area (Å²) in [5, 5.41) is 18.2. The lowest BCUT2D eigenvalue weighted by Crippen LogP contribution is -1.94. The Kier molecular flexibility index (Phi) is 5.01. The molecule has 0 aliphatic rings. The van der Waals surface area contributed by atoms with Gasteiger partial charge in [-0.3, -0.25) is 0 Å². The zero-order chi connectivity index (χ0) is 10.4. The smallest absolute Gasteiger partial charge is 0.0787 e. The standard InChI is InChI=1S/C11H16O2S/c1-2-11(13)9-3-5-10(6-4-9)14-8-7-12/h3-6,11-13H,2,7-8H2,1H3/t11-/m1/s1. The first-order valence-corrected chi connectivity index (χ1v) is 5.78. The predicted octanol–water partition coefficient (Wildman–Crippen LogP) is 2.21. The van der Waals surface area contributed by atoms with Crippen LogP contribution >= 0.6 is 11.8 Å². The summed E-state index contributed by atoms with van der Waals surface area (Å²) in [4.78, 5) is 1.13. The normalized spacial score (nSPS) is 12.8. The second kappa shape index (κ2) is 6.06. The van der Waals surface area contributed by atoms with Crippen LogP contribution in [-0.2, 0) is 0 Å². The van der Waals surface area contributed by atoms with Gasteiger partial charge < -0.3 is 10.2 Å². The van der Waals surface area contributed by atoms with Crippen molar-refractivity contribution in [1.82, 2.24) is 0 Å². The van der Waals surface area contributed by atoms with Crippen molar-refractivity contribution in [3.8, 4) is 0 Å². The highest BCUT2D eigenvalue weighted by molar-refractivity contribution is 7.99. The molecular weight excluding hydrogens is 196 g/mol. The van der Waals surface area contributed by atoms with Crippen LogP contribution in [0.15, 0.2) is 29.2 Å². The highest BCUT2D eigenvalue weighted by Crippen LogP contribution is 2.21. The van der Waals surface area contributed by atoms with Crippen molar-refractivity contribution in [2.45, 2.75) is 24.3 Å². The van der Waals surface area contributed by atoms with E-state index >= 15 is 0 Å². The largest absolute Gasteiger partial charge is 0.396 e. The van der Waals surface area contributed by atoms with Crippen LogP contribution < -0.4 is 0 Å². The molecule has 1 atom stereocenters. The van der Waals surface area contributed by atoms with Gasteiger partial charge in [0.15, 0.2) is 0 Å². The van der Waals surface area contributed by atoms with Crippen molar-refractivity contribution in [1.29, 1.82) is 0 Å². The van der Waals surface area contributed by atoms with E-state index in [0.29, 0.717) is 0 Å². The number of rotatable bonds is 5. The number of hydrogen-bond donors (Lipinski definition) is 2. The SMILES string of the molecule is CC[C@@H](O)c1ccc(SCCO)cc1. The van der Waals surface area contributed by atoms with Crippen LogP contribution in [0.3, 0.4) is 0 Å². The van der Waals surface area contributed by atoms with Gasteiger partial charge in [-0.25, -0.2) is 0 Å². The van der Waals surface area contributed by atoms with Crippen molar-refractivity contribution >= 4 is 11.8 Å². The van der Waals surface area contributed by atoms with Gasteiger partial charge in [0, 0.05) is 10.6 Å². The quantitative estimate of drug-likeness (QED) is 0.735. The molecule has 78 valence electrons. The fourth-order valence-electron chi connectivity index (χ4n) is 1.19. The molecule has 0 aromatic heterocycles. The van der Waals surface area contributed by atoms with Crippen LogP contribution in [0.4, 0.5) is 0 Å². The Balaban J connectivity index is 2.59. The van der Waals surface area contributed by atoms with E-state index in [4.69, 9.17) is 5.11 Å². The minimum atomic E-state index is -0.355. The maximum atomic E-state index is 9.55. The third kappa shape index (κ3) is 3.33. The molecule has 0 spiro atoms. The number of aliphatic hydroxyl groups excluding tert-OH is 2. The fraction of sp³-hybridized carbons (Fsp3) is 0.455. The van der Waals surface area contributed by atoms with Crippen LogP contribution in [0.25, 0.3) is 0 Å². The van der Waals surface area contributed by atoms with E-state index in [9.17, 15) is 5.11 Å². The van der Waals surface area contributed by atoms with Gasteiger partial charge in [0.1, 0.15) is 0 Å². The van der Waals surface area contributed by atoms with E-state index in [-0.39, 0.29) is 12.7 Å². The third-order valence-electron chi connectivity index (χ3n) is 2.01. The monoisotopic (exact) mass is 212 g/mol. The third-order valence-corrected chi connectivity index (χ3v) is 3.00. The van der Waals surface area contributed by atoms with Gasteiger partial charge in [0.05, 0.1) is 12.7 Å². The molecular formula is C11H16O2S. The highest BCUT2D eigenvalue weighted by Gasteiger charge is 2.03. The summed E-state index contributed by atoms with van der Waals surface area (Å²) in [7, 11) is 0. The topological polar surface area (TPSA) is 40.5 Å². The number of hydrogen-bond acceptors (Lipinski definition) is 3. The van der Waals surface area contributed by atoms with E-state index in [1.54, 1.807) is 11.8 Å². The first-order valence-electron chi connectivity index (χ1n) is 4.79. The van der Waals surface area contributed by atoms with Crippen molar-refractivity contribution in [2.24, 2.45) is 0 Å². The van der Waals surface area contributed by atoms with E-state index in [1.165, 1.54) is 0 Å². The maximum absolute atomic E-state index is 9.55. The zero-order valence-electron chi connectivity index (χ0n) is 8.31. The molecule has 1 aromatic carbocycles. The van der Waals surface area contributed by atoms with Gasteiger partial charge in [-0.15, -0.1) is 11.8 Å². The Hall–Kier alpha value is -0.510. The van der Waals surface area contributed by atoms with Crippen LogP contribution in [0.1, 0.15) is 25.0 Å². The summed E-state index contributed by atoms with van der Waals surface area (Å²) in [5.41, 5.74) is 0.959. The minimum absolute atomic E-state index is 0.198. The van der Waals surface area contributed by atoms with Gasteiger partial charge >= 0.3 is 0 Å². The van der Waals surface area contributed by atoms with Gasteiger partial charge in [-0.2, -0.15) is 0 Å². The zero-order valence-corrected chi connectivity index (χ0v) is 9.13. The molecule has 0 aliphatic carbocycles. The molecule has 0 unspecified atom stereocenters. The van der Waals surface area contributed by atoms with E-state index in [2.05, 4.69) is 0 Å². The Bertz CT molecular complexity index is 258. The molecule has 14 heavy (non-hydrogen) atoms. The average Bonchev–Trinajstić information content (AvgIpc) is 2.26.